The van der Waals surface area contributed by atoms with Gasteiger partial charge < -0.3 is 4.74 Å². The minimum Gasteiger partial charge on any atom is -0.466 e. The van der Waals surface area contributed by atoms with Gasteiger partial charge in [-0.25, -0.2) is 4.79 Å². The van der Waals surface area contributed by atoms with Crippen LogP contribution in [0.5, 0.6) is 0 Å². The van der Waals surface area contributed by atoms with Crippen LogP contribution >= 0.6 is 15.9 Å². The van der Waals surface area contributed by atoms with Crippen LogP contribution in [-0.2, 0) is 9.53 Å². The van der Waals surface area contributed by atoms with Crippen LogP contribution in [0.1, 0.15) is 6.92 Å². The molecule has 0 aliphatic heterocycles. The fourth-order valence-electron chi connectivity index (χ4n) is 0.594. The molecular formula is C9H12BrNO2. The average Bonchev–Trinajstić information content (AvgIpc) is 2.16. The molecule has 0 aliphatic carbocycles. The molecule has 13 heavy (non-hydrogen) atoms. The predicted molar refractivity (Wildman–Crippen MR) is 57.2 cm³/mol. The molecule has 0 heterocycles. The molecule has 0 spiro atoms. The highest BCUT2D eigenvalue weighted by Gasteiger charge is 1.89. The lowest BCUT2D eigenvalue weighted by molar-refractivity contribution is -0.134. The third-order valence-corrected chi connectivity index (χ3v) is 1.73. The van der Waals surface area contributed by atoms with Crippen molar-refractivity contribution < 1.29 is 9.53 Å². The van der Waals surface area contributed by atoms with Crippen LogP contribution in [0.2, 0.25) is 0 Å². The van der Waals surface area contributed by atoms with Crippen molar-refractivity contribution >= 4 is 28.1 Å². The molecule has 0 rings (SSSR count). The van der Waals surface area contributed by atoms with Crippen molar-refractivity contribution in [2.24, 2.45) is 4.99 Å². The Bertz CT molecular complexity index is 244. The first kappa shape index (κ1) is 12.1. The summed E-state index contributed by atoms with van der Waals surface area (Å²) in [6.45, 7) is 1.83. The van der Waals surface area contributed by atoms with E-state index in [9.17, 15) is 4.79 Å². The summed E-state index contributed by atoms with van der Waals surface area (Å²) in [6.07, 6.45) is 6.38. The third kappa shape index (κ3) is 6.28. The van der Waals surface area contributed by atoms with Crippen LogP contribution in [0.15, 0.2) is 28.9 Å². The van der Waals surface area contributed by atoms with Crippen LogP contribution < -0.4 is 0 Å². The maximum absolute atomic E-state index is 10.7. The van der Waals surface area contributed by atoms with E-state index in [4.69, 9.17) is 0 Å². The number of rotatable bonds is 4. The lowest BCUT2D eigenvalue weighted by atomic mass is 10.4. The highest BCUT2D eigenvalue weighted by molar-refractivity contribution is 9.09. The van der Waals surface area contributed by atoms with Crippen molar-refractivity contribution in [2.75, 3.05) is 12.4 Å². The topological polar surface area (TPSA) is 38.7 Å². The first-order valence-corrected chi connectivity index (χ1v) is 4.86. The molecule has 0 amide bonds. The highest BCUT2D eigenvalue weighted by atomic mass is 79.9. The summed E-state index contributed by atoms with van der Waals surface area (Å²) in [6, 6.07) is 0. The number of hydrogen-bond acceptors (Lipinski definition) is 3. The summed E-state index contributed by atoms with van der Waals surface area (Å²) in [7, 11) is 1.34. The highest BCUT2D eigenvalue weighted by Crippen LogP contribution is 2.00. The summed E-state index contributed by atoms with van der Waals surface area (Å²) in [5.74, 6) is -0.370. The van der Waals surface area contributed by atoms with Gasteiger partial charge in [-0.05, 0) is 13.0 Å². The lowest BCUT2D eigenvalue weighted by Gasteiger charge is -1.91. The summed E-state index contributed by atoms with van der Waals surface area (Å²) in [5, 5.41) is 0.656. The molecule has 0 fully saturated rings. The zero-order valence-corrected chi connectivity index (χ0v) is 9.24. The first-order chi connectivity index (χ1) is 6.24. The molecule has 0 atom stereocenters. The molecule has 0 aromatic rings. The summed E-state index contributed by atoms with van der Waals surface area (Å²) in [5.41, 5.74) is 0.850. The number of hydrogen-bond donors (Lipinski definition) is 0. The molecule has 3 nitrogen and oxygen atoms in total. The van der Waals surface area contributed by atoms with Crippen LogP contribution in [-0.4, -0.2) is 24.6 Å². The van der Waals surface area contributed by atoms with Crippen LogP contribution in [0.4, 0.5) is 0 Å². The van der Waals surface area contributed by atoms with E-state index in [-0.39, 0.29) is 5.97 Å². The summed E-state index contributed by atoms with van der Waals surface area (Å²) >= 11 is 3.27. The van der Waals surface area contributed by atoms with Gasteiger partial charge in [-0.15, -0.1) is 0 Å². The smallest absolute Gasteiger partial charge is 0.330 e. The zero-order chi connectivity index (χ0) is 10.1. The van der Waals surface area contributed by atoms with Crippen LogP contribution in [0, 0.1) is 0 Å². The molecule has 0 radical (unpaired) electrons. The SMILES string of the molecule is CC=N/C(=C\C=C\C(=O)OC)CBr. The molecule has 0 saturated carbocycles. The van der Waals surface area contributed by atoms with Crippen LogP contribution in [0.25, 0.3) is 0 Å². The van der Waals surface area contributed by atoms with E-state index in [0.717, 1.165) is 5.70 Å². The summed E-state index contributed by atoms with van der Waals surface area (Å²) < 4.78 is 4.42. The van der Waals surface area contributed by atoms with Gasteiger partial charge in [0.15, 0.2) is 0 Å². The van der Waals surface area contributed by atoms with E-state index in [0.29, 0.717) is 5.33 Å². The Kier molecular flexibility index (Phi) is 7.20. The number of ether oxygens (including phenoxy) is 1. The number of aliphatic imine (C=N–C) groups is 1. The van der Waals surface area contributed by atoms with E-state index < -0.39 is 0 Å². The maximum atomic E-state index is 10.7. The molecule has 4 heteroatoms. The van der Waals surface area contributed by atoms with Gasteiger partial charge in [0.05, 0.1) is 12.8 Å². The third-order valence-electron chi connectivity index (χ3n) is 1.15. The fourth-order valence-corrected chi connectivity index (χ4v) is 0.925. The quantitative estimate of drug-likeness (QED) is 0.250. The Morgan fingerprint density at radius 3 is 2.77 bits per heavy atom. The van der Waals surface area contributed by atoms with Crippen LogP contribution in [0.3, 0.4) is 0 Å². The van der Waals surface area contributed by atoms with E-state index in [1.165, 1.54) is 13.2 Å². The normalized spacial score (nSPS) is 12.7. The van der Waals surface area contributed by atoms with Gasteiger partial charge in [0.2, 0.25) is 0 Å². The van der Waals surface area contributed by atoms with Crippen molar-refractivity contribution in [3.8, 4) is 0 Å². The van der Waals surface area contributed by atoms with Crippen molar-refractivity contribution in [2.45, 2.75) is 6.92 Å². The Morgan fingerprint density at radius 2 is 2.31 bits per heavy atom. The minimum absolute atomic E-state index is 0.370. The molecule has 0 aliphatic rings. The molecular weight excluding hydrogens is 234 g/mol. The van der Waals surface area contributed by atoms with Gasteiger partial charge in [-0.2, -0.15) is 0 Å². The second-order valence-corrected chi connectivity index (χ2v) is 2.62. The Balaban J connectivity index is 4.21. The number of allylic oxidation sites excluding steroid dienone is 3. The molecule has 0 bridgehead atoms. The monoisotopic (exact) mass is 245 g/mol. The number of carbonyl (C=O) groups is 1. The van der Waals surface area contributed by atoms with E-state index in [1.807, 2.05) is 6.92 Å². The van der Waals surface area contributed by atoms with Gasteiger partial charge >= 0.3 is 5.97 Å². The van der Waals surface area contributed by atoms with Gasteiger partial charge in [0.25, 0.3) is 0 Å². The van der Waals surface area contributed by atoms with Crippen molar-refractivity contribution in [1.29, 1.82) is 0 Å². The molecule has 0 aromatic heterocycles. The van der Waals surface area contributed by atoms with Crippen molar-refractivity contribution in [1.82, 2.24) is 0 Å². The Hall–Kier alpha value is -0.900. The minimum atomic E-state index is -0.370. The van der Waals surface area contributed by atoms with Crippen molar-refractivity contribution in [3.63, 3.8) is 0 Å². The number of methoxy groups -OCH3 is 1. The number of halogens is 1. The number of esters is 1. The standard InChI is InChI=1S/C9H12BrNO2/c1-3-11-8(7-10)5-4-6-9(12)13-2/h3-6H,7H2,1-2H3/b6-4+,8-5-,11-3?. The second kappa shape index (κ2) is 7.73. The second-order valence-electron chi connectivity index (χ2n) is 2.06. The summed E-state index contributed by atoms with van der Waals surface area (Å²) in [4.78, 5) is 14.7. The van der Waals surface area contributed by atoms with E-state index in [1.54, 1.807) is 18.4 Å². The van der Waals surface area contributed by atoms with Gasteiger partial charge in [0.1, 0.15) is 0 Å². The predicted octanol–water partition coefficient (Wildman–Crippen LogP) is 2.09. The van der Waals surface area contributed by atoms with Gasteiger partial charge in [0, 0.05) is 17.6 Å². The molecule has 0 N–H and O–H groups in total. The number of alkyl halides is 1. The van der Waals surface area contributed by atoms with E-state index >= 15 is 0 Å². The molecule has 0 aromatic carbocycles. The van der Waals surface area contributed by atoms with E-state index in [2.05, 4.69) is 25.7 Å². The number of nitrogens with zero attached hydrogens (tertiary/aromatic N) is 1. The van der Waals surface area contributed by atoms with Crippen molar-refractivity contribution in [3.05, 3.63) is 23.9 Å². The maximum Gasteiger partial charge on any atom is 0.330 e. The Labute approximate surface area is 86.3 Å². The zero-order valence-electron chi connectivity index (χ0n) is 7.66. The average molecular weight is 246 g/mol. The van der Waals surface area contributed by atoms with Gasteiger partial charge in [-0.1, -0.05) is 22.0 Å². The molecule has 0 saturated heterocycles. The largest absolute Gasteiger partial charge is 0.466 e. The lowest BCUT2D eigenvalue weighted by Crippen LogP contribution is -1.92. The number of carbonyl (C=O) groups excluding carboxylic acids is 1. The molecule has 72 valence electrons. The Morgan fingerprint density at radius 1 is 1.62 bits per heavy atom. The first-order valence-electron chi connectivity index (χ1n) is 3.74. The fraction of sp³-hybridized carbons (Fsp3) is 0.333. The van der Waals surface area contributed by atoms with Gasteiger partial charge in [-0.3, -0.25) is 4.99 Å². The molecule has 0 unspecified atom stereocenters.